The van der Waals surface area contributed by atoms with E-state index in [1.54, 1.807) is 0 Å². The zero-order valence-corrected chi connectivity index (χ0v) is 13.2. The van der Waals surface area contributed by atoms with Gasteiger partial charge in [-0.05, 0) is 24.6 Å². The predicted octanol–water partition coefficient (Wildman–Crippen LogP) is 1.71. The molecule has 118 valence electrons. The van der Waals surface area contributed by atoms with Crippen LogP contribution in [0.3, 0.4) is 0 Å². The zero-order chi connectivity index (χ0) is 15.6. The maximum atomic E-state index is 13.9. The van der Waals surface area contributed by atoms with E-state index in [0.29, 0.717) is 12.5 Å². The first kappa shape index (κ1) is 16.2. The van der Waals surface area contributed by atoms with Crippen LogP contribution in [0.25, 0.3) is 0 Å². The van der Waals surface area contributed by atoms with Crippen LogP contribution in [0, 0.1) is 11.7 Å². The fraction of sp³-hybridized carbons (Fsp3) is 0.571. The van der Waals surface area contributed by atoms with Crippen molar-refractivity contribution >= 4 is 9.84 Å². The monoisotopic (exact) mass is 317 g/mol. The standard InChI is InChI=1S/C14H20FNO4S/c1-9(2)6-16-7-14-19-8-11-12(15)4-10(21(3,17)18)5-13(11)20-14/h4-5,9,14,16H,6-8H2,1-3H3. The second-order valence-corrected chi connectivity index (χ2v) is 7.58. The van der Waals surface area contributed by atoms with Crippen molar-refractivity contribution in [3.05, 3.63) is 23.5 Å². The molecule has 0 amide bonds. The van der Waals surface area contributed by atoms with Crippen molar-refractivity contribution < 1.29 is 22.3 Å². The summed E-state index contributed by atoms with van der Waals surface area (Å²) in [6.07, 6.45) is 0.486. The molecule has 0 saturated carbocycles. The summed E-state index contributed by atoms with van der Waals surface area (Å²) in [5.41, 5.74) is 0.252. The number of fused-ring (bicyclic) bond motifs is 1. The Bertz CT molecular complexity index is 616. The molecule has 1 N–H and O–H groups in total. The molecule has 1 heterocycles. The number of ether oxygens (including phenoxy) is 2. The van der Waals surface area contributed by atoms with Crippen molar-refractivity contribution in [2.45, 2.75) is 31.6 Å². The third-order valence-corrected chi connectivity index (χ3v) is 4.18. The second kappa shape index (κ2) is 6.29. The molecule has 1 aliphatic rings. The molecule has 0 aromatic heterocycles. The number of nitrogens with one attached hydrogen (secondary N) is 1. The number of rotatable bonds is 5. The van der Waals surface area contributed by atoms with Gasteiger partial charge in [0.05, 0.1) is 23.6 Å². The van der Waals surface area contributed by atoms with Crippen molar-refractivity contribution in [1.82, 2.24) is 5.32 Å². The number of hydrogen-bond donors (Lipinski definition) is 1. The Labute approximate surface area is 124 Å². The van der Waals surface area contributed by atoms with Gasteiger partial charge in [0, 0.05) is 6.26 Å². The molecule has 0 fully saturated rings. The lowest BCUT2D eigenvalue weighted by Crippen LogP contribution is -2.37. The summed E-state index contributed by atoms with van der Waals surface area (Å²) in [5.74, 6) is 0.106. The van der Waals surface area contributed by atoms with E-state index in [-0.39, 0.29) is 22.8 Å². The van der Waals surface area contributed by atoms with Crippen LogP contribution in [0.15, 0.2) is 17.0 Å². The molecule has 2 rings (SSSR count). The van der Waals surface area contributed by atoms with E-state index in [4.69, 9.17) is 9.47 Å². The summed E-state index contributed by atoms with van der Waals surface area (Å²) in [5, 5.41) is 3.18. The Hall–Kier alpha value is -1.18. The Morgan fingerprint density at radius 3 is 2.76 bits per heavy atom. The lowest BCUT2D eigenvalue weighted by Gasteiger charge is -2.27. The van der Waals surface area contributed by atoms with Crippen molar-refractivity contribution in [3.8, 4) is 5.75 Å². The van der Waals surface area contributed by atoms with Gasteiger partial charge >= 0.3 is 0 Å². The zero-order valence-electron chi connectivity index (χ0n) is 12.3. The molecule has 7 heteroatoms. The first-order chi connectivity index (χ1) is 9.77. The molecule has 0 radical (unpaired) electrons. The molecule has 0 aliphatic carbocycles. The van der Waals surface area contributed by atoms with Gasteiger partial charge in [0.1, 0.15) is 11.6 Å². The quantitative estimate of drug-likeness (QED) is 0.895. The minimum atomic E-state index is -3.48. The molecule has 1 unspecified atom stereocenters. The van der Waals surface area contributed by atoms with Crippen molar-refractivity contribution in [1.29, 1.82) is 0 Å². The third kappa shape index (κ3) is 4.15. The van der Waals surface area contributed by atoms with Gasteiger partial charge in [0.25, 0.3) is 0 Å². The molecule has 5 nitrogen and oxygen atoms in total. The summed E-state index contributed by atoms with van der Waals surface area (Å²) < 4.78 is 47.9. The minimum Gasteiger partial charge on any atom is -0.463 e. The Morgan fingerprint density at radius 2 is 2.14 bits per heavy atom. The fourth-order valence-electron chi connectivity index (χ4n) is 1.99. The molecule has 21 heavy (non-hydrogen) atoms. The van der Waals surface area contributed by atoms with Gasteiger partial charge in [0.2, 0.25) is 6.29 Å². The highest BCUT2D eigenvalue weighted by molar-refractivity contribution is 7.90. The highest BCUT2D eigenvalue weighted by Crippen LogP contribution is 2.31. The Kier molecular flexibility index (Phi) is 4.85. The molecule has 1 aromatic rings. The van der Waals surface area contributed by atoms with Crippen LogP contribution in [0.5, 0.6) is 5.75 Å². The van der Waals surface area contributed by atoms with E-state index in [1.165, 1.54) is 6.07 Å². The first-order valence-electron chi connectivity index (χ1n) is 6.79. The summed E-state index contributed by atoms with van der Waals surface area (Å²) in [6, 6.07) is 2.35. The lowest BCUT2D eigenvalue weighted by molar-refractivity contribution is -0.106. The van der Waals surface area contributed by atoms with E-state index in [2.05, 4.69) is 19.2 Å². The summed E-state index contributed by atoms with van der Waals surface area (Å²) >= 11 is 0. The van der Waals surface area contributed by atoms with Crippen molar-refractivity contribution in [2.75, 3.05) is 19.3 Å². The average Bonchev–Trinajstić information content (AvgIpc) is 2.36. The second-order valence-electron chi connectivity index (χ2n) is 5.56. The Morgan fingerprint density at radius 1 is 1.43 bits per heavy atom. The highest BCUT2D eigenvalue weighted by Gasteiger charge is 2.25. The van der Waals surface area contributed by atoms with Gasteiger partial charge in [-0.2, -0.15) is 0 Å². The summed E-state index contributed by atoms with van der Waals surface area (Å²) in [7, 11) is -3.48. The maximum Gasteiger partial charge on any atom is 0.212 e. The first-order valence-corrected chi connectivity index (χ1v) is 8.68. The molecule has 1 aliphatic heterocycles. The van der Waals surface area contributed by atoms with Gasteiger partial charge in [-0.15, -0.1) is 0 Å². The van der Waals surface area contributed by atoms with E-state index in [0.717, 1.165) is 18.9 Å². The maximum absolute atomic E-state index is 13.9. The average molecular weight is 317 g/mol. The van der Waals surface area contributed by atoms with Crippen molar-refractivity contribution in [3.63, 3.8) is 0 Å². The number of sulfone groups is 1. The summed E-state index contributed by atoms with van der Waals surface area (Å²) in [4.78, 5) is -0.0884. The third-order valence-electron chi connectivity index (χ3n) is 3.09. The summed E-state index contributed by atoms with van der Waals surface area (Å²) in [6.45, 7) is 5.51. The van der Waals surface area contributed by atoms with Gasteiger partial charge in [-0.1, -0.05) is 13.8 Å². The van der Waals surface area contributed by atoms with Crippen LogP contribution in [0.1, 0.15) is 19.4 Å². The van der Waals surface area contributed by atoms with Crippen LogP contribution in [0.2, 0.25) is 0 Å². The Balaban J connectivity index is 2.14. The molecule has 0 spiro atoms. The van der Waals surface area contributed by atoms with Crippen LogP contribution < -0.4 is 10.1 Å². The lowest BCUT2D eigenvalue weighted by atomic mass is 10.2. The highest BCUT2D eigenvalue weighted by atomic mass is 32.2. The molecule has 1 aromatic carbocycles. The van der Waals surface area contributed by atoms with Crippen LogP contribution >= 0.6 is 0 Å². The normalized spacial score (nSPS) is 18.4. The molecular formula is C14H20FNO4S. The molecular weight excluding hydrogens is 297 g/mol. The van der Waals surface area contributed by atoms with Crippen LogP contribution in [-0.2, 0) is 21.2 Å². The molecule has 1 atom stereocenters. The predicted molar refractivity (Wildman–Crippen MR) is 76.4 cm³/mol. The van der Waals surface area contributed by atoms with Crippen molar-refractivity contribution in [2.24, 2.45) is 5.92 Å². The van der Waals surface area contributed by atoms with E-state index in [9.17, 15) is 12.8 Å². The molecule has 0 saturated heterocycles. The van der Waals surface area contributed by atoms with Crippen LogP contribution in [0.4, 0.5) is 4.39 Å². The SMILES string of the molecule is CC(C)CNCC1OCc2c(F)cc(S(C)(=O)=O)cc2O1. The topological polar surface area (TPSA) is 64.6 Å². The van der Waals surface area contributed by atoms with E-state index < -0.39 is 21.9 Å². The molecule has 0 bridgehead atoms. The van der Waals surface area contributed by atoms with Gasteiger partial charge in [-0.3, -0.25) is 0 Å². The van der Waals surface area contributed by atoms with E-state index in [1.807, 2.05) is 0 Å². The van der Waals surface area contributed by atoms with E-state index >= 15 is 0 Å². The van der Waals surface area contributed by atoms with Gasteiger partial charge < -0.3 is 14.8 Å². The number of benzene rings is 1. The number of halogens is 1. The fourth-order valence-corrected chi connectivity index (χ4v) is 2.63. The largest absolute Gasteiger partial charge is 0.463 e. The van der Waals surface area contributed by atoms with Gasteiger partial charge in [0.15, 0.2) is 9.84 Å². The minimum absolute atomic E-state index is 0.0687. The smallest absolute Gasteiger partial charge is 0.212 e. The van der Waals surface area contributed by atoms with Gasteiger partial charge in [-0.25, -0.2) is 12.8 Å². The van der Waals surface area contributed by atoms with Crippen LogP contribution in [-0.4, -0.2) is 34.1 Å². The number of hydrogen-bond acceptors (Lipinski definition) is 5.